The second-order valence-corrected chi connectivity index (χ2v) is 4.94. The van der Waals surface area contributed by atoms with E-state index in [1.807, 2.05) is 0 Å². The summed E-state index contributed by atoms with van der Waals surface area (Å²) in [6.07, 6.45) is -0.212. The zero-order valence-corrected chi connectivity index (χ0v) is 11.2. The van der Waals surface area contributed by atoms with E-state index in [0.717, 1.165) is 5.56 Å². The number of carbonyl (C=O) groups is 1. The van der Waals surface area contributed by atoms with Crippen molar-refractivity contribution >= 4 is 5.91 Å². The highest BCUT2D eigenvalue weighted by Crippen LogP contribution is 2.24. The molecule has 1 fully saturated rings. The Morgan fingerprint density at radius 2 is 2.32 bits per heavy atom. The van der Waals surface area contributed by atoms with E-state index >= 15 is 0 Å². The molecule has 104 valence electrons. The van der Waals surface area contributed by atoms with Crippen LogP contribution in [0.1, 0.15) is 24.2 Å². The van der Waals surface area contributed by atoms with Crippen LogP contribution in [0, 0.1) is 12.7 Å². The third-order valence-corrected chi connectivity index (χ3v) is 3.32. The van der Waals surface area contributed by atoms with E-state index in [-0.39, 0.29) is 17.8 Å². The maximum absolute atomic E-state index is 13.3. The van der Waals surface area contributed by atoms with Crippen molar-refractivity contribution in [2.75, 3.05) is 19.7 Å². The Bertz CT molecular complexity index is 477. The molecule has 1 aliphatic rings. The van der Waals surface area contributed by atoms with E-state index in [4.69, 9.17) is 10.5 Å². The first-order valence-corrected chi connectivity index (χ1v) is 6.41. The van der Waals surface area contributed by atoms with Crippen LogP contribution >= 0.6 is 0 Å². The van der Waals surface area contributed by atoms with E-state index in [9.17, 15) is 9.18 Å². The molecule has 1 amide bonds. The third kappa shape index (κ3) is 3.11. The molecule has 1 saturated heterocycles. The molecule has 2 N–H and O–H groups in total. The van der Waals surface area contributed by atoms with Gasteiger partial charge in [-0.2, -0.15) is 0 Å². The van der Waals surface area contributed by atoms with Crippen LogP contribution in [0.25, 0.3) is 0 Å². The minimum Gasteiger partial charge on any atom is -0.370 e. The molecule has 4 nitrogen and oxygen atoms in total. The topological polar surface area (TPSA) is 55.6 Å². The Labute approximate surface area is 112 Å². The van der Waals surface area contributed by atoms with Crippen LogP contribution in [0.5, 0.6) is 0 Å². The molecule has 0 spiro atoms. The van der Waals surface area contributed by atoms with Crippen LogP contribution in [0.2, 0.25) is 0 Å². The van der Waals surface area contributed by atoms with Gasteiger partial charge in [0.15, 0.2) is 0 Å². The van der Waals surface area contributed by atoms with Crippen molar-refractivity contribution in [3.8, 4) is 0 Å². The first-order valence-electron chi connectivity index (χ1n) is 6.41. The lowest BCUT2D eigenvalue weighted by molar-refractivity contribution is -0.140. The normalized spacial score (nSPS) is 21.3. The minimum absolute atomic E-state index is 0.0767. The number of benzene rings is 1. The number of nitrogens with two attached hydrogens (primary N) is 1. The molecule has 5 heteroatoms. The molecule has 1 aromatic carbocycles. The van der Waals surface area contributed by atoms with Crippen LogP contribution in [-0.2, 0) is 9.53 Å². The average Bonchev–Trinajstić information content (AvgIpc) is 2.41. The van der Waals surface area contributed by atoms with E-state index in [2.05, 4.69) is 0 Å². The molecular formula is C14H19FN2O2. The Morgan fingerprint density at radius 3 is 2.95 bits per heavy atom. The predicted molar refractivity (Wildman–Crippen MR) is 70.1 cm³/mol. The van der Waals surface area contributed by atoms with E-state index < -0.39 is 6.04 Å². The molecule has 0 aliphatic carbocycles. The zero-order valence-electron chi connectivity index (χ0n) is 11.2. The van der Waals surface area contributed by atoms with Gasteiger partial charge in [0.25, 0.3) is 0 Å². The van der Waals surface area contributed by atoms with Crippen molar-refractivity contribution in [3.63, 3.8) is 0 Å². The van der Waals surface area contributed by atoms with Gasteiger partial charge in [0.05, 0.1) is 19.2 Å². The van der Waals surface area contributed by atoms with Gasteiger partial charge < -0.3 is 15.4 Å². The number of nitrogens with zero attached hydrogens (tertiary/aromatic N) is 1. The Kier molecular flexibility index (Phi) is 4.17. The smallest absolute Gasteiger partial charge is 0.239 e. The minimum atomic E-state index is -0.506. The first-order chi connectivity index (χ1) is 8.99. The molecule has 0 radical (unpaired) electrons. The number of rotatable bonds is 2. The highest BCUT2D eigenvalue weighted by Gasteiger charge is 2.27. The fourth-order valence-corrected chi connectivity index (χ4v) is 2.21. The molecule has 1 aromatic rings. The van der Waals surface area contributed by atoms with Crippen molar-refractivity contribution in [2.45, 2.75) is 26.0 Å². The lowest BCUT2D eigenvalue weighted by Gasteiger charge is -2.34. The van der Waals surface area contributed by atoms with Gasteiger partial charge in [-0.15, -0.1) is 0 Å². The summed E-state index contributed by atoms with van der Waals surface area (Å²) in [4.78, 5) is 13.6. The van der Waals surface area contributed by atoms with Crippen molar-refractivity contribution in [2.24, 2.45) is 5.73 Å². The second kappa shape index (κ2) is 5.67. The Morgan fingerprint density at radius 1 is 1.58 bits per heavy atom. The Hall–Kier alpha value is -1.46. The molecule has 1 heterocycles. The summed E-state index contributed by atoms with van der Waals surface area (Å²) in [6.45, 7) is 4.88. The number of hydrogen-bond donors (Lipinski definition) is 1. The molecular weight excluding hydrogens is 247 g/mol. The van der Waals surface area contributed by atoms with E-state index in [1.54, 1.807) is 30.9 Å². The summed E-state index contributed by atoms with van der Waals surface area (Å²) in [5.74, 6) is -0.310. The lowest BCUT2D eigenvalue weighted by atomic mass is 10.0. The van der Waals surface area contributed by atoms with Crippen LogP contribution in [0.15, 0.2) is 18.2 Å². The largest absolute Gasteiger partial charge is 0.370 e. The molecule has 0 aromatic heterocycles. The summed E-state index contributed by atoms with van der Waals surface area (Å²) < 4.78 is 18.9. The molecule has 0 bridgehead atoms. The van der Waals surface area contributed by atoms with Gasteiger partial charge in [-0.05, 0) is 31.0 Å². The fraction of sp³-hybridized carbons (Fsp3) is 0.500. The number of morpholine rings is 1. The molecule has 0 saturated carbocycles. The van der Waals surface area contributed by atoms with Crippen molar-refractivity contribution in [1.29, 1.82) is 0 Å². The quantitative estimate of drug-likeness (QED) is 0.880. The van der Waals surface area contributed by atoms with Crippen LogP contribution in [0.3, 0.4) is 0 Å². The van der Waals surface area contributed by atoms with Crippen LogP contribution in [0.4, 0.5) is 4.39 Å². The third-order valence-electron chi connectivity index (χ3n) is 3.32. The highest BCUT2D eigenvalue weighted by atomic mass is 19.1. The van der Waals surface area contributed by atoms with Gasteiger partial charge in [-0.25, -0.2) is 4.39 Å². The summed E-state index contributed by atoms with van der Waals surface area (Å²) in [7, 11) is 0. The maximum Gasteiger partial charge on any atom is 0.239 e. The fourth-order valence-electron chi connectivity index (χ4n) is 2.21. The van der Waals surface area contributed by atoms with E-state index in [0.29, 0.717) is 25.3 Å². The molecule has 2 unspecified atom stereocenters. The molecule has 19 heavy (non-hydrogen) atoms. The Balaban J connectivity index is 2.12. The summed E-state index contributed by atoms with van der Waals surface area (Å²) in [5.41, 5.74) is 7.08. The standard InChI is InChI=1S/C14H19FN2O2/c1-9-7-11(3-4-12(9)15)13-8-17(5-6-19-13)14(18)10(2)16/h3-4,7,10,13H,5-6,8,16H2,1-2H3. The maximum atomic E-state index is 13.3. The molecule has 2 atom stereocenters. The number of ether oxygens (including phenoxy) is 1. The van der Waals surface area contributed by atoms with Gasteiger partial charge in [-0.1, -0.05) is 12.1 Å². The predicted octanol–water partition coefficient (Wildman–Crippen LogP) is 1.38. The van der Waals surface area contributed by atoms with Gasteiger partial charge in [0.1, 0.15) is 11.9 Å². The van der Waals surface area contributed by atoms with Crippen LogP contribution in [-0.4, -0.2) is 36.5 Å². The van der Waals surface area contributed by atoms with Gasteiger partial charge in [-0.3, -0.25) is 4.79 Å². The van der Waals surface area contributed by atoms with Crippen LogP contribution < -0.4 is 5.73 Å². The number of hydrogen-bond acceptors (Lipinski definition) is 3. The zero-order chi connectivity index (χ0) is 14.0. The van der Waals surface area contributed by atoms with Gasteiger partial charge in [0, 0.05) is 6.54 Å². The number of halogens is 1. The highest BCUT2D eigenvalue weighted by molar-refractivity contribution is 5.81. The molecule has 1 aliphatic heterocycles. The summed E-state index contributed by atoms with van der Waals surface area (Å²) in [6, 6.07) is 4.39. The number of amides is 1. The number of carbonyl (C=O) groups excluding carboxylic acids is 1. The monoisotopic (exact) mass is 266 g/mol. The first kappa shape index (κ1) is 14.0. The van der Waals surface area contributed by atoms with Crippen molar-refractivity contribution in [3.05, 3.63) is 35.1 Å². The van der Waals surface area contributed by atoms with Gasteiger partial charge >= 0.3 is 0 Å². The summed E-state index contributed by atoms with van der Waals surface area (Å²) in [5, 5.41) is 0. The second-order valence-electron chi connectivity index (χ2n) is 4.94. The van der Waals surface area contributed by atoms with Crippen molar-refractivity contribution in [1.82, 2.24) is 4.90 Å². The van der Waals surface area contributed by atoms with E-state index in [1.165, 1.54) is 6.07 Å². The number of aryl methyl sites for hydroxylation is 1. The summed E-state index contributed by atoms with van der Waals surface area (Å²) >= 11 is 0. The lowest BCUT2D eigenvalue weighted by Crippen LogP contribution is -2.48. The SMILES string of the molecule is Cc1cc(C2CN(C(=O)C(C)N)CCO2)ccc1F. The average molecular weight is 266 g/mol. The molecule has 2 rings (SSSR count). The van der Waals surface area contributed by atoms with Crippen molar-refractivity contribution < 1.29 is 13.9 Å². The van der Waals surface area contributed by atoms with Gasteiger partial charge in [0.2, 0.25) is 5.91 Å².